The lowest BCUT2D eigenvalue weighted by molar-refractivity contribution is -0.144. The molecule has 10 heteroatoms. The summed E-state index contributed by atoms with van der Waals surface area (Å²) in [7, 11) is 2.86. The van der Waals surface area contributed by atoms with Crippen molar-refractivity contribution < 1.29 is 28.6 Å². The number of rotatable bonds is 5. The highest BCUT2D eigenvalue weighted by Crippen LogP contribution is 2.45. The van der Waals surface area contributed by atoms with Crippen LogP contribution < -0.4 is 14.8 Å². The first-order valence-corrected chi connectivity index (χ1v) is 10.1. The zero-order valence-corrected chi connectivity index (χ0v) is 18.1. The lowest BCUT2D eigenvalue weighted by Gasteiger charge is -2.29. The van der Waals surface area contributed by atoms with Crippen LogP contribution in [-0.2, 0) is 14.3 Å². The molecule has 8 nitrogen and oxygen atoms in total. The highest BCUT2D eigenvalue weighted by molar-refractivity contribution is 6.42. The largest absolute Gasteiger partial charge is 0.493 e. The third kappa shape index (κ3) is 3.66. The predicted octanol–water partition coefficient (Wildman–Crippen LogP) is 3.81. The first-order valence-electron chi connectivity index (χ1n) is 9.38. The van der Waals surface area contributed by atoms with Gasteiger partial charge in [0.2, 0.25) is 18.0 Å². The van der Waals surface area contributed by atoms with E-state index in [0.717, 1.165) is 0 Å². The molecule has 162 valence electrons. The highest BCUT2D eigenvalue weighted by atomic mass is 35.5. The van der Waals surface area contributed by atoms with Crippen molar-refractivity contribution in [2.75, 3.05) is 19.5 Å². The summed E-state index contributed by atoms with van der Waals surface area (Å²) in [6.07, 6.45) is -0.611. The van der Waals surface area contributed by atoms with Gasteiger partial charge in [0.05, 0.1) is 24.3 Å². The van der Waals surface area contributed by atoms with Crippen LogP contribution in [0.15, 0.2) is 30.3 Å². The quantitative estimate of drug-likeness (QED) is 0.676. The molecule has 0 bridgehead atoms. The molecule has 2 aromatic rings. The Morgan fingerprint density at radius 1 is 1.13 bits per heavy atom. The number of halogens is 2. The third-order valence-electron chi connectivity index (χ3n) is 5.26. The molecule has 2 aliphatic heterocycles. The van der Waals surface area contributed by atoms with Crippen LogP contribution in [0.2, 0.25) is 10.0 Å². The molecule has 0 aliphatic carbocycles. The maximum absolute atomic E-state index is 13.0. The number of hydrogen-bond donors (Lipinski definition) is 1. The zero-order chi connectivity index (χ0) is 22.3. The molecule has 0 aromatic heterocycles. The van der Waals surface area contributed by atoms with Gasteiger partial charge in [-0.25, -0.2) is 4.79 Å². The lowest BCUT2D eigenvalue weighted by atomic mass is 10.1. The van der Waals surface area contributed by atoms with E-state index in [1.807, 2.05) is 0 Å². The summed E-state index contributed by atoms with van der Waals surface area (Å²) >= 11 is 11.9. The van der Waals surface area contributed by atoms with Crippen molar-refractivity contribution in [3.8, 4) is 11.5 Å². The lowest BCUT2D eigenvalue weighted by Crippen LogP contribution is -2.43. The molecular formula is C21H18Cl2N2O6. The van der Waals surface area contributed by atoms with Gasteiger partial charge >= 0.3 is 5.97 Å². The molecule has 2 unspecified atom stereocenters. The minimum absolute atomic E-state index is 0.149. The van der Waals surface area contributed by atoms with Gasteiger partial charge in [0.1, 0.15) is 11.6 Å². The molecule has 0 radical (unpaired) electrons. The summed E-state index contributed by atoms with van der Waals surface area (Å²) in [5.74, 6) is -0.792. The summed E-state index contributed by atoms with van der Waals surface area (Å²) in [6.45, 7) is 0. The summed E-state index contributed by atoms with van der Waals surface area (Å²) in [5, 5.41) is 3.39. The average Bonchev–Trinajstić information content (AvgIpc) is 3.29. The number of fused-ring (bicyclic) bond motifs is 1. The monoisotopic (exact) mass is 464 g/mol. The molecule has 1 N–H and O–H groups in total. The van der Waals surface area contributed by atoms with E-state index in [1.165, 1.54) is 25.2 Å². The normalized spacial score (nSPS) is 19.8. The van der Waals surface area contributed by atoms with Crippen molar-refractivity contribution in [2.24, 2.45) is 0 Å². The van der Waals surface area contributed by atoms with Crippen molar-refractivity contribution in [2.45, 2.75) is 25.1 Å². The molecule has 2 atom stereocenters. The van der Waals surface area contributed by atoms with Gasteiger partial charge < -0.3 is 19.5 Å². The number of cyclic esters (lactones) is 1. The Morgan fingerprint density at radius 2 is 1.90 bits per heavy atom. The number of anilines is 1. The van der Waals surface area contributed by atoms with Gasteiger partial charge in [0, 0.05) is 17.7 Å². The molecule has 31 heavy (non-hydrogen) atoms. The van der Waals surface area contributed by atoms with Crippen LogP contribution >= 0.6 is 23.2 Å². The van der Waals surface area contributed by atoms with E-state index in [9.17, 15) is 14.4 Å². The van der Waals surface area contributed by atoms with Gasteiger partial charge in [0.15, 0.2) is 11.5 Å². The molecular weight excluding hydrogens is 447 g/mol. The second-order valence-electron chi connectivity index (χ2n) is 7.00. The summed E-state index contributed by atoms with van der Waals surface area (Å²) in [5.41, 5.74) is 1.05. The molecule has 1 fully saturated rings. The number of nitrogens with one attached hydrogen (secondary N) is 1. The SMILES string of the molecule is COc1ccc2c(c1OC)C(=O)OC2N1C(=O)CCC1C(=O)Nc1ccc(Cl)c(Cl)c1. The number of carbonyl (C=O) groups excluding carboxylic acids is 3. The van der Waals surface area contributed by atoms with Gasteiger partial charge in [0.25, 0.3) is 0 Å². The number of esters is 1. The van der Waals surface area contributed by atoms with E-state index in [4.69, 9.17) is 37.4 Å². The van der Waals surface area contributed by atoms with Crippen LogP contribution in [0.4, 0.5) is 5.69 Å². The number of methoxy groups -OCH3 is 2. The maximum atomic E-state index is 13.0. The molecule has 1 saturated heterocycles. The third-order valence-corrected chi connectivity index (χ3v) is 6.00. The van der Waals surface area contributed by atoms with E-state index >= 15 is 0 Å². The summed E-state index contributed by atoms with van der Waals surface area (Å²) in [6, 6.07) is 7.11. The fraction of sp³-hybridized carbons (Fsp3) is 0.286. The topological polar surface area (TPSA) is 94.2 Å². The van der Waals surface area contributed by atoms with Gasteiger partial charge in [-0.15, -0.1) is 0 Å². The molecule has 0 saturated carbocycles. The van der Waals surface area contributed by atoms with Gasteiger partial charge in [-0.1, -0.05) is 23.2 Å². The molecule has 2 aromatic carbocycles. The Bertz CT molecular complexity index is 1090. The van der Waals surface area contributed by atoms with Gasteiger partial charge in [-0.3, -0.25) is 14.5 Å². The summed E-state index contributed by atoms with van der Waals surface area (Å²) in [4.78, 5) is 39.6. The number of hydrogen-bond acceptors (Lipinski definition) is 6. The van der Waals surface area contributed by atoms with Gasteiger partial charge in [-0.2, -0.15) is 0 Å². The van der Waals surface area contributed by atoms with Crippen molar-refractivity contribution in [3.05, 3.63) is 51.5 Å². The zero-order valence-electron chi connectivity index (χ0n) is 16.6. The number of carbonyl (C=O) groups is 3. The smallest absolute Gasteiger partial charge is 0.344 e. The number of benzene rings is 2. The van der Waals surface area contributed by atoms with Gasteiger partial charge in [-0.05, 0) is 36.8 Å². The van der Waals surface area contributed by atoms with E-state index in [1.54, 1.807) is 24.3 Å². The van der Waals surface area contributed by atoms with Crippen LogP contribution in [0, 0.1) is 0 Å². The Balaban J connectivity index is 1.64. The Labute approximate surface area is 188 Å². The van der Waals surface area contributed by atoms with E-state index < -0.39 is 24.1 Å². The second-order valence-corrected chi connectivity index (χ2v) is 7.81. The minimum atomic E-state index is -1.04. The van der Waals surface area contributed by atoms with Crippen LogP contribution in [0.5, 0.6) is 11.5 Å². The minimum Gasteiger partial charge on any atom is -0.493 e. The Hall–Kier alpha value is -2.97. The first-order chi connectivity index (χ1) is 14.8. The highest BCUT2D eigenvalue weighted by Gasteiger charge is 2.47. The van der Waals surface area contributed by atoms with Crippen LogP contribution in [0.3, 0.4) is 0 Å². The number of amides is 2. The number of ether oxygens (including phenoxy) is 3. The maximum Gasteiger partial charge on any atom is 0.344 e. The first kappa shape index (κ1) is 21.3. The Morgan fingerprint density at radius 3 is 2.58 bits per heavy atom. The molecule has 4 rings (SSSR count). The molecule has 2 heterocycles. The van der Waals surface area contributed by atoms with Crippen molar-refractivity contribution >= 4 is 46.7 Å². The molecule has 2 aliphatic rings. The van der Waals surface area contributed by atoms with Crippen molar-refractivity contribution in [3.63, 3.8) is 0 Å². The van der Waals surface area contributed by atoms with Crippen molar-refractivity contribution in [1.82, 2.24) is 4.90 Å². The van der Waals surface area contributed by atoms with Crippen molar-refractivity contribution in [1.29, 1.82) is 0 Å². The van der Waals surface area contributed by atoms with E-state index in [0.29, 0.717) is 27.0 Å². The summed E-state index contributed by atoms with van der Waals surface area (Å²) < 4.78 is 16.1. The fourth-order valence-corrected chi connectivity index (χ4v) is 4.14. The standard InChI is InChI=1S/C21H18Cl2N2O6/c1-29-15-7-4-11-17(18(15)30-2)21(28)31-20(11)25-14(6-8-16(25)26)19(27)24-10-3-5-12(22)13(23)9-10/h3-5,7,9,14,20H,6,8H2,1-2H3,(H,24,27). The number of likely N-dealkylation sites (tertiary alicyclic amines) is 1. The van der Waals surface area contributed by atoms with E-state index in [2.05, 4.69) is 5.32 Å². The second kappa shape index (κ2) is 8.28. The molecule has 0 spiro atoms. The fourth-order valence-electron chi connectivity index (χ4n) is 3.84. The Kier molecular flexibility index (Phi) is 5.68. The van der Waals surface area contributed by atoms with Crippen LogP contribution in [-0.4, -0.2) is 42.9 Å². The van der Waals surface area contributed by atoms with Crippen LogP contribution in [0.1, 0.15) is 35.0 Å². The van der Waals surface area contributed by atoms with Crippen LogP contribution in [0.25, 0.3) is 0 Å². The van der Waals surface area contributed by atoms with E-state index in [-0.39, 0.29) is 30.1 Å². The molecule has 2 amide bonds. The predicted molar refractivity (Wildman–Crippen MR) is 113 cm³/mol. The number of nitrogens with zero attached hydrogens (tertiary/aromatic N) is 1. The average molecular weight is 465 g/mol.